The molecule has 2 rings (SSSR count). The Labute approximate surface area is 113 Å². The summed E-state index contributed by atoms with van der Waals surface area (Å²) < 4.78 is 19.9. The second kappa shape index (κ2) is 5.65. The Kier molecular flexibility index (Phi) is 3.96. The fourth-order valence-corrected chi connectivity index (χ4v) is 1.86. The zero-order valence-electron chi connectivity index (χ0n) is 9.36. The van der Waals surface area contributed by atoms with Crippen molar-refractivity contribution < 1.29 is 9.13 Å². The number of hydrogen-bond acceptors (Lipinski definition) is 2. The van der Waals surface area contributed by atoms with Gasteiger partial charge in [0.15, 0.2) is 11.6 Å². The molecule has 0 bridgehead atoms. The molecule has 0 spiro atoms. The van der Waals surface area contributed by atoms with Crippen LogP contribution in [0.5, 0.6) is 11.5 Å². The molecule has 18 heavy (non-hydrogen) atoms. The molecule has 0 amide bonds. The highest BCUT2D eigenvalue weighted by molar-refractivity contribution is 9.10. The lowest BCUT2D eigenvalue weighted by molar-refractivity contribution is 0.441. The maximum Gasteiger partial charge on any atom is 0.165 e. The largest absolute Gasteiger partial charge is 0.454 e. The van der Waals surface area contributed by atoms with E-state index in [1.807, 2.05) is 12.1 Å². The first-order valence-electron chi connectivity index (χ1n) is 5.28. The minimum Gasteiger partial charge on any atom is -0.454 e. The number of rotatable bonds is 3. The van der Waals surface area contributed by atoms with Crippen LogP contribution < -0.4 is 4.74 Å². The SMILES string of the molecule is N#CCc1ccc(F)c(Oc2cccc(Br)c2)c1. The predicted octanol–water partition coefficient (Wildman–Crippen LogP) is 4.45. The van der Waals surface area contributed by atoms with Gasteiger partial charge >= 0.3 is 0 Å². The molecule has 2 aromatic rings. The lowest BCUT2D eigenvalue weighted by Gasteiger charge is -2.08. The maximum absolute atomic E-state index is 13.6. The maximum atomic E-state index is 13.6. The lowest BCUT2D eigenvalue weighted by atomic mass is 10.1. The third kappa shape index (κ3) is 3.08. The van der Waals surface area contributed by atoms with E-state index in [-0.39, 0.29) is 12.2 Å². The molecule has 2 aromatic carbocycles. The second-order valence-corrected chi connectivity index (χ2v) is 4.57. The quantitative estimate of drug-likeness (QED) is 0.839. The highest BCUT2D eigenvalue weighted by Gasteiger charge is 2.06. The van der Waals surface area contributed by atoms with Gasteiger partial charge in [-0.1, -0.05) is 28.1 Å². The third-order valence-corrected chi connectivity index (χ3v) is 2.80. The Morgan fingerprint density at radius 1 is 1.22 bits per heavy atom. The summed E-state index contributed by atoms with van der Waals surface area (Å²) in [7, 11) is 0. The Hall–Kier alpha value is -1.86. The molecule has 2 nitrogen and oxygen atoms in total. The van der Waals surface area contributed by atoms with Crippen LogP contribution in [0.25, 0.3) is 0 Å². The van der Waals surface area contributed by atoms with Crippen LogP contribution in [0, 0.1) is 17.1 Å². The third-order valence-electron chi connectivity index (χ3n) is 2.30. The van der Waals surface area contributed by atoms with Crippen LogP contribution in [0.15, 0.2) is 46.9 Å². The summed E-state index contributed by atoms with van der Waals surface area (Å²) in [6, 6.07) is 13.6. The van der Waals surface area contributed by atoms with E-state index in [9.17, 15) is 4.39 Å². The number of nitriles is 1. The van der Waals surface area contributed by atoms with Crippen LogP contribution in [0.4, 0.5) is 4.39 Å². The minimum absolute atomic E-state index is 0.126. The van der Waals surface area contributed by atoms with Gasteiger partial charge in [0.1, 0.15) is 5.75 Å². The highest BCUT2D eigenvalue weighted by Crippen LogP contribution is 2.27. The molecule has 0 atom stereocenters. The molecular formula is C14H9BrFNO. The van der Waals surface area contributed by atoms with Crippen LogP contribution in [-0.2, 0) is 6.42 Å². The second-order valence-electron chi connectivity index (χ2n) is 3.66. The van der Waals surface area contributed by atoms with E-state index in [0.29, 0.717) is 5.75 Å². The molecule has 0 radical (unpaired) electrons. The number of nitrogens with zero attached hydrogens (tertiary/aromatic N) is 1. The van der Waals surface area contributed by atoms with Crippen molar-refractivity contribution in [3.63, 3.8) is 0 Å². The summed E-state index contributed by atoms with van der Waals surface area (Å²) in [4.78, 5) is 0. The molecule has 0 saturated heterocycles. The van der Waals surface area contributed by atoms with Gasteiger partial charge in [-0.15, -0.1) is 0 Å². The molecule has 4 heteroatoms. The van der Waals surface area contributed by atoms with E-state index in [1.165, 1.54) is 6.07 Å². The Morgan fingerprint density at radius 3 is 2.78 bits per heavy atom. The standard InChI is InChI=1S/C14H9BrFNO/c15-11-2-1-3-12(9-11)18-14-8-10(6-7-17)4-5-13(14)16/h1-5,8-9H,6H2. The average Bonchev–Trinajstić information content (AvgIpc) is 2.34. The Morgan fingerprint density at radius 2 is 2.06 bits per heavy atom. The summed E-state index contributed by atoms with van der Waals surface area (Å²) in [5.41, 5.74) is 0.726. The summed E-state index contributed by atoms with van der Waals surface area (Å²) in [5.74, 6) is 0.217. The molecule has 0 heterocycles. The van der Waals surface area contributed by atoms with Crippen LogP contribution in [0.2, 0.25) is 0 Å². The van der Waals surface area contributed by atoms with Gasteiger partial charge in [0.25, 0.3) is 0 Å². The van der Waals surface area contributed by atoms with Crippen LogP contribution >= 0.6 is 15.9 Å². The first-order chi connectivity index (χ1) is 8.69. The summed E-state index contributed by atoms with van der Waals surface area (Å²) in [6.45, 7) is 0. The summed E-state index contributed by atoms with van der Waals surface area (Å²) >= 11 is 3.32. The van der Waals surface area contributed by atoms with Gasteiger partial charge in [0, 0.05) is 4.47 Å². The molecule has 0 unspecified atom stereocenters. The number of ether oxygens (including phenoxy) is 1. The van der Waals surface area contributed by atoms with Gasteiger partial charge in [0.2, 0.25) is 0 Å². The van der Waals surface area contributed by atoms with Crippen molar-refractivity contribution in [2.45, 2.75) is 6.42 Å². The number of halogens is 2. The van der Waals surface area contributed by atoms with Crippen LogP contribution in [0.3, 0.4) is 0 Å². The first-order valence-corrected chi connectivity index (χ1v) is 6.07. The van der Waals surface area contributed by atoms with Crippen molar-refractivity contribution in [1.82, 2.24) is 0 Å². The van der Waals surface area contributed by atoms with E-state index < -0.39 is 5.82 Å². The lowest BCUT2D eigenvalue weighted by Crippen LogP contribution is -1.91. The number of hydrogen-bond donors (Lipinski definition) is 0. The topological polar surface area (TPSA) is 33.0 Å². The van der Waals surface area contributed by atoms with Crippen LogP contribution in [-0.4, -0.2) is 0 Å². The van der Waals surface area contributed by atoms with E-state index in [4.69, 9.17) is 10.00 Å². The molecular weight excluding hydrogens is 297 g/mol. The van der Waals surface area contributed by atoms with Crippen molar-refractivity contribution in [3.8, 4) is 17.6 Å². The van der Waals surface area contributed by atoms with E-state index >= 15 is 0 Å². The molecule has 0 N–H and O–H groups in total. The van der Waals surface area contributed by atoms with Crippen molar-refractivity contribution in [2.24, 2.45) is 0 Å². The van der Waals surface area contributed by atoms with Gasteiger partial charge in [-0.25, -0.2) is 4.39 Å². The minimum atomic E-state index is -0.448. The van der Waals surface area contributed by atoms with Gasteiger partial charge in [-0.3, -0.25) is 0 Å². The fraction of sp³-hybridized carbons (Fsp3) is 0.0714. The molecule has 0 fully saturated rings. The molecule has 90 valence electrons. The molecule has 0 aliphatic rings. The zero-order chi connectivity index (χ0) is 13.0. The fourth-order valence-electron chi connectivity index (χ4n) is 1.48. The van der Waals surface area contributed by atoms with Crippen molar-refractivity contribution in [2.75, 3.05) is 0 Å². The van der Waals surface area contributed by atoms with Crippen molar-refractivity contribution in [1.29, 1.82) is 5.26 Å². The van der Waals surface area contributed by atoms with Gasteiger partial charge < -0.3 is 4.74 Å². The van der Waals surface area contributed by atoms with Gasteiger partial charge in [-0.05, 0) is 35.9 Å². The van der Waals surface area contributed by atoms with Crippen LogP contribution in [0.1, 0.15) is 5.56 Å². The van der Waals surface area contributed by atoms with Crippen molar-refractivity contribution >= 4 is 15.9 Å². The summed E-state index contributed by atoms with van der Waals surface area (Å²) in [5, 5.41) is 8.62. The predicted molar refractivity (Wildman–Crippen MR) is 69.9 cm³/mol. The average molecular weight is 306 g/mol. The molecule has 0 aromatic heterocycles. The summed E-state index contributed by atoms with van der Waals surface area (Å²) in [6.07, 6.45) is 0.231. The van der Waals surface area contributed by atoms with Gasteiger partial charge in [-0.2, -0.15) is 5.26 Å². The molecule has 0 saturated carbocycles. The van der Waals surface area contributed by atoms with E-state index in [1.54, 1.807) is 30.3 Å². The Balaban J connectivity index is 2.28. The van der Waals surface area contributed by atoms with E-state index in [2.05, 4.69) is 15.9 Å². The first kappa shape index (κ1) is 12.6. The molecule has 0 aliphatic carbocycles. The normalized spacial score (nSPS) is 9.83. The zero-order valence-corrected chi connectivity index (χ0v) is 10.9. The smallest absolute Gasteiger partial charge is 0.165 e. The highest BCUT2D eigenvalue weighted by atomic mass is 79.9. The molecule has 0 aliphatic heterocycles. The van der Waals surface area contributed by atoms with Gasteiger partial charge in [0.05, 0.1) is 12.5 Å². The van der Waals surface area contributed by atoms with Crippen molar-refractivity contribution in [3.05, 3.63) is 58.3 Å². The Bertz CT molecular complexity index is 607. The monoisotopic (exact) mass is 305 g/mol. The van der Waals surface area contributed by atoms with E-state index in [0.717, 1.165) is 10.0 Å². The number of benzene rings is 2.